The Balaban J connectivity index is 3.56. The lowest BCUT2D eigenvalue weighted by atomic mass is 10.2. The van der Waals surface area contributed by atoms with Crippen molar-refractivity contribution < 1.29 is 28.6 Å². The maximum absolute atomic E-state index is 12.6. The Hall–Kier alpha value is -2.64. The van der Waals surface area contributed by atoms with E-state index in [9.17, 15) is 19.2 Å². The van der Waals surface area contributed by atoms with Gasteiger partial charge in [-0.1, -0.05) is 13.3 Å². The lowest BCUT2D eigenvalue weighted by Crippen LogP contribution is -2.28. The SMILES string of the molecule is CCCCOc1c(C(=O)OCC)n(CC=O)cc(C(=O)OCC)c1=O. The van der Waals surface area contributed by atoms with Gasteiger partial charge >= 0.3 is 11.9 Å². The zero-order chi connectivity index (χ0) is 18.8. The topological polar surface area (TPSA) is 101 Å². The summed E-state index contributed by atoms with van der Waals surface area (Å²) < 4.78 is 16.5. The molecule has 0 radical (unpaired) electrons. The van der Waals surface area contributed by atoms with Crippen LogP contribution in [-0.4, -0.2) is 42.6 Å². The summed E-state index contributed by atoms with van der Waals surface area (Å²) in [7, 11) is 0. The molecule has 1 rings (SSSR count). The Morgan fingerprint density at radius 2 is 1.76 bits per heavy atom. The maximum Gasteiger partial charge on any atom is 0.359 e. The van der Waals surface area contributed by atoms with Crippen molar-refractivity contribution in [2.24, 2.45) is 0 Å². The second-order valence-electron chi connectivity index (χ2n) is 5.01. The van der Waals surface area contributed by atoms with E-state index in [1.54, 1.807) is 13.8 Å². The predicted molar refractivity (Wildman–Crippen MR) is 89.1 cm³/mol. The number of esters is 2. The Labute approximate surface area is 145 Å². The Morgan fingerprint density at radius 1 is 1.12 bits per heavy atom. The van der Waals surface area contributed by atoms with E-state index in [1.165, 1.54) is 4.57 Å². The van der Waals surface area contributed by atoms with Crippen molar-refractivity contribution in [3.63, 3.8) is 0 Å². The molecule has 0 fully saturated rings. The van der Waals surface area contributed by atoms with Crippen LogP contribution in [0.2, 0.25) is 0 Å². The van der Waals surface area contributed by atoms with Crippen molar-refractivity contribution >= 4 is 18.2 Å². The number of unbranched alkanes of at least 4 members (excludes halogenated alkanes) is 1. The first-order valence-corrected chi connectivity index (χ1v) is 8.19. The molecule has 0 unspecified atom stereocenters. The summed E-state index contributed by atoms with van der Waals surface area (Å²) >= 11 is 0. The molecule has 0 aromatic carbocycles. The van der Waals surface area contributed by atoms with E-state index in [1.807, 2.05) is 6.92 Å². The third-order valence-electron chi connectivity index (χ3n) is 3.22. The highest BCUT2D eigenvalue weighted by Crippen LogP contribution is 2.18. The van der Waals surface area contributed by atoms with Gasteiger partial charge in [-0.05, 0) is 20.3 Å². The zero-order valence-corrected chi connectivity index (χ0v) is 14.7. The highest BCUT2D eigenvalue weighted by atomic mass is 16.5. The molecule has 0 bridgehead atoms. The molecular formula is C17H23NO7. The van der Waals surface area contributed by atoms with Gasteiger partial charge in [0.1, 0.15) is 11.8 Å². The average Bonchev–Trinajstić information content (AvgIpc) is 2.57. The van der Waals surface area contributed by atoms with Crippen LogP contribution in [0.4, 0.5) is 0 Å². The zero-order valence-electron chi connectivity index (χ0n) is 14.7. The monoisotopic (exact) mass is 353 g/mol. The molecule has 8 nitrogen and oxygen atoms in total. The van der Waals surface area contributed by atoms with Crippen LogP contribution in [0.15, 0.2) is 11.0 Å². The minimum absolute atomic E-state index is 0.0810. The van der Waals surface area contributed by atoms with Gasteiger partial charge in [-0.2, -0.15) is 0 Å². The molecule has 0 aliphatic carbocycles. The third kappa shape index (κ3) is 5.17. The quantitative estimate of drug-likeness (QED) is 0.357. The smallest absolute Gasteiger partial charge is 0.359 e. The molecule has 0 aliphatic rings. The van der Waals surface area contributed by atoms with Crippen LogP contribution >= 0.6 is 0 Å². The van der Waals surface area contributed by atoms with E-state index in [0.717, 1.165) is 12.6 Å². The standard InChI is InChI=1S/C17H23NO7/c1-4-7-10-25-15-13(17(22)24-6-3)18(8-9-19)11-12(14(15)20)16(21)23-5-2/h9,11H,4-8,10H2,1-3H3. The van der Waals surface area contributed by atoms with E-state index in [2.05, 4.69) is 0 Å². The maximum atomic E-state index is 12.6. The largest absolute Gasteiger partial charge is 0.487 e. The molecule has 25 heavy (non-hydrogen) atoms. The molecule has 0 saturated heterocycles. The summed E-state index contributed by atoms with van der Waals surface area (Å²) in [5, 5.41) is 0. The predicted octanol–water partition coefficient (Wildman–Crippen LogP) is 1.58. The molecule has 0 amide bonds. The second-order valence-corrected chi connectivity index (χ2v) is 5.01. The van der Waals surface area contributed by atoms with Crippen LogP contribution in [-0.2, 0) is 20.8 Å². The van der Waals surface area contributed by atoms with E-state index >= 15 is 0 Å². The first kappa shape index (κ1) is 20.4. The third-order valence-corrected chi connectivity index (χ3v) is 3.22. The summed E-state index contributed by atoms with van der Waals surface area (Å²) in [6.45, 7) is 5.27. The fraction of sp³-hybridized carbons (Fsp3) is 0.529. The first-order valence-electron chi connectivity index (χ1n) is 8.19. The van der Waals surface area contributed by atoms with E-state index in [4.69, 9.17) is 14.2 Å². The van der Waals surface area contributed by atoms with Gasteiger partial charge in [0.15, 0.2) is 11.4 Å². The van der Waals surface area contributed by atoms with Crippen molar-refractivity contribution in [3.05, 3.63) is 27.7 Å². The van der Waals surface area contributed by atoms with Gasteiger partial charge in [-0.3, -0.25) is 4.79 Å². The van der Waals surface area contributed by atoms with E-state index in [-0.39, 0.29) is 43.4 Å². The highest BCUT2D eigenvalue weighted by molar-refractivity contribution is 5.94. The van der Waals surface area contributed by atoms with Crippen LogP contribution in [0, 0.1) is 0 Å². The number of aromatic nitrogens is 1. The Morgan fingerprint density at radius 3 is 2.32 bits per heavy atom. The molecule has 0 N–H and O–H groups in total. The Kier molecular flexibility index (Phi) is 8.38. The Bertz CT molecular complexity index is 678. The number of nitrogens with zero attached hydrogens (tertiary/aromatic N) is 1. The number of carbonyl (C=O) groups excluding carboxylic acids is 3. The van der Waals surface area contributed by atoms with Gasteiger partial charge in [0.25, 0.3) is 0 Å². The minimum atomic E-state index is -0.845. The number of ether oxygens (including phenoxy) is 3. The number of hydrogen-bond acceptors (Lipinski definition) is 7. The van der Waals surface area contributed by atoms with Crippen molar-refractivity contribution in [1.29, 1.82) is 0 Å². The average molecular weight is 353 g/mol. The lowest BCUT2D eigenvalue weighted by molar-refractivity contribution is -0.108. The van der Waals surface area contributed by atoms with Gasteiger partial charge < -0.3 is 23.6 Å². The van der Waals surface area contributed by atoms with Crippen LogP contribution < -0.4 is 10.2 Å². The van der Waals surface area contributed by atoms with Gasteiger partial charge in [0.05, 0.1) is 26.4 Å². The van der Waals surface area contributed by atoms with E-state index in [0.29, 0.717) is 12.7 Å². The molecule has 0 spiro atoms. The summed E-state index contributed by atoms with van der Waals surface area (Å²) in [6, 6.07) is 0. The summed E-state index contributed by atoms with van der Waals surface area (Å²) in [6.07, 6.45) is 3.12. The van der Waals surface area contributed by atoms with Gasteiger partial charge in [-0.15, -0.1) is 0 Å². The number of pyridine rings is 1. The minimum Gasteiger partial charge on any atom is -0.487 e. The fourth-order valence-electron chi connectivity index (χ4n) is 2.08. The molecule has 1 heterocycles. The van der Waals surface area contributed by atoms with Crippen molar-refractivity contribution in [2.45, 2.75) is 40.2 Å². The van der Waals surface area contributed by atoms with Crippen LogP contribution in [0.1, 0.15) is 54.5 Å². The van der Waals surface area contributed by atoms with Crippen LogP contribution in [0.5, 0.6) is 5.75 Å². The molecule has 1 aromatic heterocycles. The van der Waals surface area contributed by atoms with Crippen molar-refractivity contribution in [1.82, 2.24) is 4.57 Å². The molecular weight excluding hydrogens is 330 g/mol. The normalized spacial score (nSPS) is 10.2. The molecule has 0 atom stereocenters. The number of hydrogen-bond donors (Lipinski definition) is 0. The molecule has 138 valence electrons. The van der Waals surface area contributed by atoms with E-state index < -0.39 is 17.4 Å². The summed E-state index contributed by atoms with van der Waals surface area (Å²) in [4.78, 5) is 47.9. The number of carbonyl (C=O) groups is 3. The summed E-state index contributed by atoms with van der Waals surface area (Å²) in [5.74, 6) is -1.95. The van der Waals surface area contributed by atoms with Crippen LogP contribution in [0.3, 0.4) is 0 Å². The van der Waals surface area contributed by atoms with Crippen molar-refractivity contribution in [3.8, 4) is 5.75 Å². The second kappa shape index (κ2) is 10.3. The number of aldehydes is 1. The van der Waals surface area contributed by atoms with Gasteiger partial charge in [0.2, 0.25) is 5.43 Å². The van der Waals surface area contributed by atoms with Gasteiger partial charge in [0, 0.05) is 6.20 Å². The lowest BCUT2D eigenvalue weighted by Gasteiger charge is -2.16. The highest BCUT2D eigenvalue weighted by Gasteiger charge is 2.27. The molecule has 1 aromatic rings. The number of rotatable bonds is 10. The fourth-order valence-corrected chi connectivity index (χ4v) is 2.08. The summed E-state index contributed by atoms with van der Waals surface area (Å²) in [5.41, 5.74) is -1.26. The molecule has 0 saturated carbocycles. The molecule has 0 aliphatic heterocycles. The van der Waals surface area contributed by atoms with Crippen molar-refractivity contribution in [2.75, 3.05) is 19.8 Å². The molecule has 8 heteroatoms. The van der Waals surface area contributed by atoms with Crippen LogP contribution in [0.25, 0.3) is 0 Å². The first-order chi connectivity index (χ1) is 12.0. The van der Waals surface area contributed by atoms with Gasteiger partial charge in [-0.25, -0.2) is 9.59 Å².